The first kappa shape index (κ1) is 12.3. The van der Waals surface area contributed by atoms with Crippen molar-refractivity contribution in [3.8, 4) is 0 Å². The van der Waals surface area contributed by atoms with Gasteiger partial charge < -0.3 is 5.32 Å². The van der Waals surface area contributed by atoms with Crippen molar-refractivity contribution in [2.75, 3.05) is 38.2 Å². The highest BCUT2D eigenvalue weighted by Crippen LogP contribution is 2.40. The maximum atomic E-state index is 11.2. The molecule has 4 nitrogen and oxygen atoms in total. The van der Waals surface area contributed by atoms with E-state index >= 15 is 0 Å². The zero-order chi connectivity index (χ0) is 12.0. The maximum absolute atomic E-state index is 11.2. The van der Waals surface area contributed by atoms with E-state index in [9.17, 15) is 8.42 Å². The fourth-order valence-electron chi connectivity index (χ4n) is 3.16. The number of likely N-dealkylation sites (tertiary alicyclic amines) is 1. The fourth-order valence-corrected chi connectivity index (χ4v) is 3.71. The van der Waals surface area contributed by atoms with Gasteiger partial charge in [0.15, 0.2) is 0 Å². The van der Waals surface area contributed by atoms with Crippen molar-refractivity contribution in [1.29, 1.82) is 0 Å². The highest BCUT2D eigenvalue weighted by molar-refractivity contribution is 7.90. The fraction of sp³-hybridized carbons (Fsp3) is 1.00. The van der Waals surface area contributed by atoms with Gasteiger partial charge in [0, 0.05) is 31.4 Å². The van der Waals surface area contributed by atoms with Crippen LogP contribution in [0.1, 0.15) is 13.8 Å². The minimum absolute atomic E-state index is 0.138. The smallest absolute Gasteiger partial charge is 0.148 e. The Morgan fingerprint density at radius 2 is 2.06 bits per heavy atom. The molecule has 0 aromatic carbocycles. The van der Waals surface area contributed by atoms with Gasteiger partial charge in [-0.1, -0.05) is 0 Å². The zero-order valence-electron chi connectivity index (χ0n) is 10.4. The largest absolute Gasteiger partial charge is 0.316 e. The zero-order valence-corrected chi connectivity index (χ0v) is 11.2. The van der Waals surface area contributed by atoms with Crippen molar-refractivity contribution in [2.24, 2.45) is 11.8 Å². The molecule has 2 fully saturated rings. The number of nitrogens with zero attached hydrogens (tertiary/aromatic N) is 1. The van der Waals surface area contributed by atoms with Gasteiger partial charge in [0.05, 0.1) is 5.75 Å². The predicted octanol–water partition coefficient (Wildman–Crippen LogP) is -0.0392. The Morgan fingerprint density at radius 3 is 2.62 bits per heavy atom. The quantitative estimate of drug-likeness (QED) is 0.759. The second kappa shape index (κ2) is 3.96. The first-order chi connectivity index (χ1) is 7.31. The molecular weight excluding hydrogens is 224 g/mol. The van der Waals surface area contributed by atoms with Crippen LogP contribution < -0.4 is 5.32 Å². The summed E-state index contributed by atoms with van der Waals surface area (Å²) >= 11 is 0. The van der Waals surface area contributed by atoms with E-state index in [1.807, 2.05) is 0 Å². The normalized spacial score (nSPS) is 34.2. The van der Waals surface area contributed by atoms with Crippen LogP contribution in [-0.4, -0.2) is 57.0 Å². The summed E-state index contributed by atoms with van der Waals surface area (Å²) in [6.07, 6.45) is 1.32. The van der Waals surface area contributed by atoms with Gasteiger partial charge in [-0.15, -0.1) is 0 Å². The number of nitrogens with one attached hydrogen (secondary N) is 1. The SMILES string of the molecule is CC1(C)C2CNCC2CN1CCS(C)(=O)=O. The van der Waals surface area contributed by atoms with Gasteiger partial charge in [-0.25, -0.2) is 8.42 Å². The summed E-state index contributed by atoms with van der Waals surface area (Å²) in [6, 6.07) is 0. The lowest BCUT2D eigenvalue weighted by molar-refractivity contribution is 0.148. The Bertz CT molecular complexity index is 364. The van der Waals surface area contributed by atoms with Crippen LogP contribution in [0.25, 0.3) is 0 Å². The van der Waals surface area contributed by atoms with Crippen LogP contribution in [0.3, 0.4) is 0 Å². The van der Waals surface area contributed by atoms with Crippen molar-refractivity contribution in [3.05, 3.63) is 0 Å². The van der Waals surface area contributed by atoms with Crippen LogP contribution >= 0.6 is 0 Å². The van der Waals surface area contributed by atoms with Gasteiger partial charge in [0.25, 0.3) is 0 Å². The van der Waals surface area contributed by atoms with E-state index < -0.39 is 9.84 Å². The van der Waals surface area contributed by atoms with Gasteiger partial charge in [0.2, 0.25) is 0 Å². The van der Waals surface area contributed by atoms with E-state index in [1.165, 1.54) is 6.26 Å². The van der Waals surface area contributed by atoms with Gasteiger partial charge in [-0.2, -0.15) is 0 Å². The number of sulfone groups is 1. The molecule has 2 saturated heterocycles. The molecule has 0 spiro atoms. The summed E-state index contributed by atoms with van der Waals surface area (Å²) in [4.78, 5) is 2.35. The van der Waals surface area contributed by atoms with Crippen molar-refractivity contribution < 1.29 is 8.42 Å². The Balaban J connectivity index is 2.02. The van der Waals surface area contributed by atoms with Crippen molar-refractivity contribution in [2.45, 2.75) is 19.4 Å². The highest BCUT2D eigenvalue weighted by atomic mass is 32.2. The summed E-state index contributed by atoms with van der Waals surface area (Å²) in [6.45, 7) is 8.37. The number of fused-ring (bicyclic) bond motifs is 1. The second-order valence-corrected chi connectivity index (χ2v) is 8.01. The lowest BCUT2D eigenvalue weighted by Crippen LogP contribution is -2.46. The van der Waals surface area contributed by atoms with Crippen molar-refractivity contribution in [1.82, 2.24) is 10.2 Å². The molecule has 0 saturated carbocycles. The molecule has 2 unspecified atom stereocenters. The molecule has 2 rings (SSSR count). The van der Waals surface area contributed by atoms with E-state index in [-0.39, 0.29) is 11.3 Å². The van der Waals surface area contributed by atoms with Gasteiger partial charge in [-0.3, -0.25) is 4.90 Å². The lowest BCUT2D eigenvalue weighted by atomic mass is 9.85. The third kappa shape index (κ3) is 2.26. The lowest BCUT2D eigenvalue weighted by Gasteiger charge is -2.35. The average Bonchev–Trinajstić information content (AvgIpc) is 2.65. The van der Waals surface area contributed by atoms with Crippen molar-refractivity contribution in [3.63, 3.8) is 0 Å². The molecule has 5 heteroatoms. The molecule has 0 aromatic rings. The Kier molecular flexibility index (Phi) is 3.05. The third-order valence-corrected chi connectivity index (χ3v) is 5.17. The summed E-state index contributed by atoms with van der Waals surface area (Å²) in [7, 11) is -2.84. The first-order valence-corrected chi connectivity index (χ1v) is 8.00. The summed E-state index contributed by atoms with van der Waals surface area (Å²) in [5.74, 6) is 1.66. The predicted molar refractivity (Wildman–Crippen MR) is 65.2 cm³/mol. The summed E-state index contributed by atoms with van der Waals surface area (Å²) < 4.78 is 22.4. The molecular formula is C11H22N2O2S. The monoisotopic (exact) mass is 246 g/mol. The van der Waals surface area contributed by atoms with Gasteiger partial charge in [-0.05, 0) is 32.2 Å². The first-order valence-electron chi connectivity index (χ1n) is 5.94. The molecule has 0 aromatic heterocycles. The number of rotatable bonds is 3. The van der Waals surface area contributed by atoms with Crippen LogP contribution in [0.4, 0.5) is 0 Å². The Morgan fingerprint density at radius 1 is 1.38 bits per heavy atom. The van der Waals surface area contributed by atoms with Crippen LogP contribution in [0.5, 0.6) is 0 Å². The van der Waals surface area contributed by atoms with E-state index in [2.05, 4.69) is 24.1 Å². The molecule has 2 atom stereocenters. The van der Waals surface area contributed by atoms with Gasteiger partial charge >= 0.3 is 0 Å². The average molecular weight is 246 g/mol. The molecule has 0 bridgehead atoms. The molecule has 0 radical (unpaired) electrons. The third-order valence-electron chi connectivity index (χ3n) is 4.25. The van der Waals surface area contributed by atoms with Gasteiger partial charge in [0.1, 0.15) is 9.84 Å². The van der Waals surface area contributed by atoms with Crippen LogP contribution in [0, 0.1) is 11.8 Å². The molecule has 2 aliphatic heterocycles. The molecule has 16 heavy (non-hydrogen) atoms. The molecule has 94 valence electrons. The Labute approximate surface area is 98.3 Å². The van der Waals surface area contributed by atoms with E-state index in [0.717, 1.165) is 19.6 Å². The summed E-state index contributed by atoms with van der Waals surface area (Å²) in [5, 5.41) is 3.43. The Hall–Kier alpha value is -0.130. The number of hydrogen-bond acceptors (Lipinski definition) is 4. The van der Waals surface area contributed by atoms with Crippen LogP contribution in [0.2, 0.25) is 0 Å². The number of hydrogen-bond donors (Lipinski definition) is 1. The molecule has 0 amide bonds. The van der Waals surface area contributed by atoms with E-state index in [4.69, 9.17) is 0 Å². The van der Waals surface area contributed by atoms with Crippen LogP contribution in [0.15, 0.2) is 0 Å². The topological polar surface area (TPSA) is 49.4 Å². The van der Waals surface area contributed by atoms with Crippen LogP contribution in [-0.2, 0) is 9.84 Å². The minimum Gasteiger partial charge on any atom is -0.316 e. The molecule has 2 aliphatic rings. The van der Waals surface area contributed by atoms with E-state index in [0.29, 0.717) is 18.4 Å². The standard InChI is InChI=1S/C11H22N2O2S/c1-11(2)10-7-12-6-9(10)8-13(11)4-5-16(3,14)15/h9-10,12H,4-8H2,1-3H3. The summed E-state index contributed by atoms with van der Waals surface area (Å²) in [5.41, 5.74) is 0.138. The minimum atomic E-state index is -2.84. The molecule has 0 aliphatic carbocycles. The second-order valence-electron chi connectivity index (χ2n) is 5.75. The van der Waals surface area contributed by atoms with Crippen molar-refractivity contribution >= 4 is 9.84 Å². The molecule has 2 heterocycles. The van der Waals surface area contributed by atoms with E-state index in [1.54, 1.807) is 0 Å². The highest BCUT2D eigenvalue weighted by Gasteiger charge is 2.49. The molecule has 1 N–H and O–H groups in total. The maximum Gasteiger partial charge on any atom is 0.148 e.